The molecule has 0 spiro atoms. The minimum atomic E-state index is -0.290. The standard InChI is InChI=1S/C14H20N2O3S/c1-2-19-13(18)8-11-9-20-14(15-11)16-12(17)7-10-5-3-4-6-10/h9-10H,2-8H2,1H3,(H,15,16,17). The van der Waals surface area contributed by atoms with Crippen molar-refractivity contribution in [2.24, 2.45) is 5.92 Å². The van der Waals surface area contributed by atoms with Gasteiger partial charge in [0.1, 0.15) is 0 Å². The summed E-state index contributed by atoms with van der Waals surface area (Å²) < 4.78 is 4.86. The Labute approximate surface area is 122 Å². The number of rotatable bonds is 6. The van der Waals surface area contributed by atoms with Gasteiger partial charge in [-0.25, -0.2) is 4.98 Å². The van der Waals surface area contributed by atoms with Gasteiger partial charge < -0.3 is 10.1 Å². The fraction of sp³-hybridized carbons (Fsp3) is 0.643. The molecule has 1 fully saturated rings. The van der Waals surface area contributed by atoms with Gasteiger partial charge >= 0.3 is 5.97 Å². The molecular weight excluding hydrogens is 276 g/mol. The SMILES string of the molecule is CCOC(=O)Cc1csc(NC(=O)CC2CCCC2)n1. The van der Waals surface area contributed by atoms with E-state index in [4.69, 9.17) is 4.74 Å². The van der Waals surface area contributed by atoms with Gasteiger partial charge in [0.15, 0.2) is 5.13 Å². The molecule has 1 aliphatic rings. The van der Waals surface area contributed by atoms with Crippen LogP contribution < -0.4 is 5.32 Å². The Bertz CT molecular complexity index is 467. The number of carbonyl (C=O) groups is 2. The van der Waals surface area contributed by atoms with Crippen LogP contribution in [-0.2, 0) is 20.7 Å². The van der Waals surface area contributed by atoms with Crippen LogP contribution in [0.15, 0.2) is 5.38 Å². The van der Waals surface area contributed by atoms with E-state index in [1.807, 2.05) is 0 Å². The van der Waals surface area contributed by atoms with E-state index in [2.05, 4.69) is 10.3 Å². The zero-order valence-electron chi connectivity index (χ0n) is 11.7. The summed E-state index contributed by atoms with van der Waals surface area (Å²) in [6.07, 6.45) is 5.51. The van der Waals surface area contributed by atoms with Gasteiger partial charge in [-0.3, -0.25) is 9.59 Å². The van der Waals surface area contributed by atoms with Crippen molar-refractivity contribution < 1.29 is 14.3 Å². The minimum absolute atomic E-state index is 0.0222. The second-order valence-electron chi connectivity index (χ2n) is 5.03. The quantitative estimate of drug-likeness (QED) is 0.820. The number of hydrogen-bond donors (Lipinski definition) is 1. The average Bonchev–Trinajstić information content (AvgIpc) is 3.02. The lowest BCUT2D eigenvalue weighted by atomic mass is 10.0. The molecule has 1 N–H and O–H groups in total. The highest BCUT2D eigenvalue weighted by atomic mass is 32.1. The van der Waals surface area contributed by atoms with Crippen molar-refractivity contribution in [3.63, 3.8) is 0 Å². The molecule has 2 rings (SSSR count). The van der Waals surface area contributed by atoms with Gasteiger partial charge in [0.25, 0.3) is 0 Å². The molecule has 1 aromatic heterocycles. The summed E-state index contributed by atoms with van der Waals surface area (Å²) >= 11 is 1.35. The summed E-state index contributed by atoms with van der Waals surface area (Å²) in [7, 11) is 0. The Morgan fingerprint density at radius 3 is 2.90 bits per heavy atom. The van der Waals surface area contributed by atoms with Crippen molar-refractivity contribution >= 4 is 28.3 Å². The van der Waals surface area contributed by atoms with Gasteiger partial charge in [-0.05, 0) is 25.7 Å². The molecule has 0 aliphatic heterocycles. The van der Waals surface area contributed by atoms with Crippen LogP contribution in [0.25, 0.3) is 0 Å². The molecule has 0 bridgehead atoms. The third-order valence-corrected chi connectivity index (χ3v) is 4.18. The normalized spacial score (nSPS) is 15.2. The van der Waals surface area contributed by atoms with Crippen LogP contribution in [0.2, 0.25) is 0 Å². The van der Waals surface area contributed by atoms with Crippen LogP contribution in [0.1, 0.15) is 44.7 Å². The number of ether oxygens (including phenoxy) is 1. The lowest BCUT2D eigenvalue weighted by Gasteiger charge is -2.07. The first-order valence-corrected chi connectivity index (χ1v) is 7.95. The molecule has 6 heteroatoms. The molecule has 1 amide bonds. The van der Waals surface area contributed by atoms with Crippen molar-refractivity contribution in [3.8, 4) is 0 Å². The van der Waals surface area contributed by atoms with E-state index in [0.717, 1.165) is 12.8 Å². The number of amides is 1. The van der Waals surface area contributed by atoms with Gasteiger partial charge in [-0.15, -0.1) is 11.3 Å². The highest BCUT2D eigenvalue weighted by Gasteiger charge is 2.19. The zero-order valence-corrected chi connectivity index (χ0v) is 12.5. The van der Waals surface area contributed by atoms with Gasteiger partial charge in [0.2, 0.25) is 5.91 Å². The number of nitrogens with zero attached hydrogens (tertiary/aromatic N) is 1. The Morgan fingerprint density at radius 2 is 2.20 bits per heavy atom. The summed E-state index contributed by atoms with van der Waals surface area (Å²) in [5.41, 5.74) is 0.643. The summed E-state index contributed by atoms with van der Waals surface area (Å²) in [5.74, 6) is 0.254. The zero-order chi connectivity index (χ0) is 14.4. The third kappa shape index (κ3) is 4.59. The lowest BCUT2D eigenvalue weighted by molar-refractivity contribution is -0.142. The van der Waals surface area contributed by atoms with E-state index in [1.165, 1.54) is 24.2 Å². The average molecular weight is 296 g/mol. The largest absolute Gasteiger partial charge is 0.466 e. The molecule has 0 atom stereocenters. The van der Waals surface area contributed by atoms with Crippen LogP contribution >= 0.6 is 11.3 Å². The van der Waals surface area contributed by atoms with E-state index in [1.54, 1.807) is 12.3 Å². The number of hydrogen-bond acceptors (Lipinski definition) is 5. The predicted octanol–water partition coefficient (Wildman–Crippen LogP) is 2.77. The highest BCUT2D eigenvalue weighted by molar-refractivity contribution is 7.13. The van der Waals surface area contributed by atoms with Crippen LogP contribution in [0.4, 0.5) is 5.13 Å². The summed E-state index contributed by atoms with van der Waals surface area (Å²) in [5, 5.41) is 5.15. The molecule has 1 saturated carbocycles. The molecule has 0 radical (unpaired) electrons. The first-order valence-electron chi connectivity index (χ1n) is 7.07. The smallest absolute Gasteiger partial charge is 0.311 e. The number of thiazole rings is 1. The van der Waals surface area contributed by atoms with Gasteiger partial charge in [-0.2, -0.15) is 0 Å². The Balaban J connectivity index is 1.79. The highest BCUT2D eigenvalue weighted by Crippen LogP contribution is 2.28. The topological polar surface area (TPSA) is 68.3 Å². The van der Waals surface area contributed by atoms with E-state index in [-0.39, 0.29) is 18.3 Å². The maximum absolute atomic E-state index is 11.9. The molecule has 20 heavy (non-hydrogen) atoms. The van der Waals surface area contributed by atoms with Crippen molar-refractivity contribution in [2.75, 3.05) is 11.9 Å². The first-order chi connectivity index (χ1) is 9.67. The minimum Gasteiger partial charge on any atom is -0.466 e. The predicted molar refractivity (Wildman–Crippen MR) is 77.7 cm³/mol. The van der Waals surface area contributed by atoms with Crippen LogP contribution in [-0.4, -0.2) is 23.5 Å². The fourth-order valence-electron chi connectivity index (χ4n) is 2.45. The Morgan fingerprint density at radius 1 is 1.45 bits per heavy atom. The van der Waals surface area contributed by atoms with Crippen LogP contribution in [0, 0.1) is 5.92 Å². The van der Waals surface area contributed by atoms with Crippen molar-refractivity contribution in [2.45, 2.75) is 45.4 Å². The van der Waals surface area contributed by atoms with E-state index in [0.29, 0.717) is 29.8 Å². The number of esters is 1. The van der Waals surface area contributed by atoms with Gasteiger partial charge in [-0.1, -0.05) is 12.8 Å². The van der Waals surface area contributed by atoms with Crippen LogP contribution in [0.5, 0.6) is 0 Å². The Kier molecular flexibility index (Phi) is 5.52. The summed E-state index contributed by atoms with van der Waals surface area (Å²) in [6, 6.07) is 0. The van der Waals surface area contributed by atoms with Crippen molar-refractivity contribution in [3.05, 3.63) is 11.1 Å². The van der Waals surface area contributed by atoms with Gasteiger partial charge in [0, 0.05) is 11.8 Å². The van der Waals surface area contributed by atoms with Crippen LogP contribution in [0.3, 0.4) is 0 Å². The van der Waals surface area contributed by atoms with E-state index >= 15 is 0 Å². The molecule has 1 aromatic rings. The molecule has 5 nitrogen and oxygen atoms in total. The molecular formula is C14H20N2O3S. The second-order valence-corrected chi connectivity index (χ2v) is 5.89. The lowest BCUT2D eigenvalue weighted by Crippen LogP contribution is -2.15. The molecule has 1 aliphatic carbocycles. The second kappa shape index (κ2) is 7.38. The van der Waals surface area contributed by atoms with E-state index < -0.39 is 0 Å². The number of carbonyl (C=O) groups excluding carboxylic acids is 2. The maximum Gasteiger partial charge on any atom is 0.311 e. The molecule has 0 unspecified atom stereocenters. The summed E-state index contributed by atoms with van der Waals surface area (Å²) in [6.45, 7) is 2.14. The number of nitrogens with one attached hydrogen (secondary N) is 1. The summed E-state index contributed by atoms with van der Waals surface area (Å²) in [4.78, 5) is 27.4. The fourth-order valence-corrected chi connectivity index (χ4v) is 3.18. The molecule has 0 saturated heterocycles. The number of anilines is 1. The van der Waals surface area contributed by atoms with Crippen molar-refractivity contribution in [1.82, 2.24) is 4.98 Å². The maximum atomic E-state index is 11.9. The Hall–Kier alpha value is -1.43. The molecule has 110 valence electrons. The molecule has 1 heterocycles. The van der Waals surface area contributed by atoms with Gasteiger partial charge in [0.05, 0.1) is 18.7 Å². The molecule has 0 aromatic carbocycles. The number of aromatic nitrogens is 1. The van der Waals surface area contributed by atoms with E-state index in [9.17, 15) is 9.59 Å². The third-order valence-electron chi connectivity index (χ3n) is 3.38. The van der Waals surface area contributed by atoms with Crippen molar-refractivity contribution in [1.29, 1.82) is 0 Å². The first kappa shape index (κ1) is 15.0. The monoisotopic (exact) mass is 296 g/mol.